The summed E-state index contributed by atoms with van der Waals surface area (Å²) in [5.74, 6) is 2.30. The van der Waals surface area contributed by atoms with Gasteiger partial charge in [0.1, 0.15) is 5.75 Å². The molecular weight excluding hydrogens is 294 g/mol. The summed E-state index contributed by atoms with van der Waals surface area (Å²) in [4.78, 5) is 6.78. The van der Waals surface area contributed by atoms with Crippen LogP contribution in [-0.4, -0.2) is 46.5 Å². The minimum Gasteiger partial charge on any atom is -0.496 e. The lowest BCUT2D eigenvalue weighted by Gasteiger charge is -2.32. The van der Waals surface area contributed by atoms with E-state index < -0.39 is 0 Å². The van der Waals surface area contributed by atoms with Crippen LogP contribution in [0, 0.1) is 5.92 Å². The number of aromatic nitrogens is 2. The van der Waals surface area contributed by atoms with E-state index in [1.807, 2.05) is 31.2 Å². The predicted molar refractivity (Wildman–Crippen MR) is 86.0 cm³/mol. The van der Waals surface area contributed by atoms with Gasteiger partial charge in [-0.05, 0) is 50.9 Å². The van der Waals surface area contributed by atoms with E-state index >= 15 is 0 Å². The molecule has 1 aromatic heterocycles. The average molecular weight is 317 g/mol. The Bertz CT molecular complexity index is 634. The molecule has 6 heteroatoms. The molecule has 0 spiro atoms. The summed E-state index contributed by atoms with van der Waals surface area (Å²) in [5.41, 5.74) is 0.831. The predicted octanol–water partition coefficient (Wildman–Crippen LogP) is 2.34. The van der Waals surface area contributed by atoms with Crippen molar-refractivity contribution < 1.29 is 14.4 Å². The first kappa shape index (κ1) is 16.0. The highest BCUT2D eigenvalue weighted by atomic mass is 16.5. The number of aliphatic hydroxyl groups is 1. The van der Waals surface area contributed by atoms with Crippen molar-refractivity contribution >= 4 is 0 Å². The summed E-state index contributed by atoms with van der Waals surface area (Å²) >= 11 is 0. The van der Waals surface area contributed by atoms with E-state index in [2.05, 4.69) is 15.0 Å². The molecule has 3 rings (SSSR count). The number of hydrogen-bond donors (Lipinski definition) is 1. The fraction of sp³-hybridized carbons (Fsp3) is 0.529. The summed E-state index contributed by atoms with van der Waals surface area (Å²) in [6, 6.07) is 7.64. The molecule has 0 radical (unpaired) electrons. The Kier molecular flexibility index (Phi) is 4.93. The minimum absolute atomic E-state index is 0.224. The largest absolute Gasteiger partial charge is 0.496 e. The maximum absolute atomic E-state index is 9.66. The van der Waals surface area contributed by atoms with Gasteiger partial charge in [-0.3, -0.25) is 4.90 Å². The highest BCUT2D eigenvalue weighted by molar-refractivity contribution is 5.63. The van der Waals surface area contributed by atoms with Crippen LogP contribution in [-0.2, 0) is 6.54 Å². The van der Waals surface area contributed by atoms with Crippen LogP contribution in [0.25, 0.3) is 11.4 Å². The Hall–Kier alpha value is -1.92. The topological polar surface area (TPSA) is 71.6 Å². The molecule has 0 bridgehead atoms. The van der Waals surface area contributed by atoms with Crippen LogP contribution in [0.3, 0.4) is 0 Å². The smallest absolute Gasteiger partial charge is 0.241 e. The number of piperidine rings is 1. The zero-order chi connectivity index (χ0) is 16.2. The van der Waals surface area contributed by atoms with E-state index in [1.165, 1.54) is 0 Å². The van der Waals surface area contributed by atoms with Crippen LogP contribution in [0.15, 0.2) is 28.8 Å². The third-order valence-corrected chi connectivity index (χ3v) is 4.49. The molecule has 0 amide bonds. The van der Waals surface area contributed by atoms with E-state index in [0.29, 0.717) is 24.2 Å². The fourth-order valence-corrected chi connectivity index (χ4v) is 3.04. The second kappa shape index (κ2) is 7.10. The number of benzene rings is 1. The maximum Gasteiger partial charge on any atom is 0.241 e. The molecule has 124 valence electrons. The number of hydrogen-bond acceptors (Lipinski definition) is 6. The maximum atomic E-state index is 9.66. The van der Waals surface area contributed by atoms with Crippen LogP contribution >= 0.6 is 0 Å². The van der Waals surface area contributed by atoms with E-state index in [4.69, 9.17) is 9.26 Å². The van der Waals surface area contributed by atoms with Crippen molar-refractivity contribution in [1.82, 2.24) is 15.0 Å². The second-order valence-corrected chi connectivity index (χ2v) is 6.07. The highest BCUT2D eigenvalue weighted by Crippen LogP contribution is 2.27. The summed E-state index contributed by atoms with van der Waals surface area (Å²) in [6.07, 6.45) is 1.79. The van der Waals surface area contributed by atoms with Crippen molar-refractivity contribution in [2.75, 3.05) is 20.2 Å². The lowest BCUT2D eigenvalue weighted by Crippen LogP contribution is -2.36. The van der Waals surface area contributed by atoms with Gasteiger partial charge in [0.2, 0.25) is 11.7 Å². The molecule has 1 aliphatic heterocycles. The fourth-order valence-electron chi connectivity index (χ4n) is 3.04. The Labute approximate surface area is 136 Å². The van der Waals surface area contributed by atoms with E-state index in [9.17, 15) is 5.11 Å². The van der Waals surface area contributed by atoms with Gasteiger partial charge >= 0.3 is 0 Å². The lowest BCUT2D eigenvalue weighted by molar-refractivity contribution is 0.0660. The molecule has 1 unspecified atom stereocenters. The third-order valence-electron chi connectivity index (χ3n) is 4.49. The van der Waals surface area contributed by atoms with Gasteiger partial charge in [0.05, 0.1) is 25.3 Å². The third kappa shape index (κ3) is 3.71. The van der Waals surface area contributed by atoms with Crippen molar-refractivity contribution in [3.05, 3.63) is 30.2 Å². The first-order valence-electron chi connectivity index (χ1n) is 8.03. The van der Waals surface area contributed by atoms with Gasteiger partial charge in [-0.2, -0.15) is 4.98 Å². The number of para-hydroxylation sites is 1. The van der Waals surface area contributed by atoms with Crippen LogP contribution in [0.5, 0.6) is 5.75 Å². The van der Waals surface area contributed by atoms with Crippen LogP contribution in [0.4, 0.5) is 0 Å². The molecule has 0 aliphatic carbocycles. The summed E-state index contributed by atoms with van der Waals surface area (Å²) < 4.78 is 10.7. The van der Waals surface area contributed by atoms with Crippen molar-refractivity contribution in [1.29, 1.82) is 0 Å². The van der Waals surface area contributed by atoms with Crippen LogP contribution in [0.1, 0.15) is 25.7 Å². The quantitative estimate of drug-likeness (QED) is 0.912. The number of rotatable bonds is 5. The molecule has 6 nitrogen and oxygen atoms in total. The van der Waals surface area contributed by atoms with Crippen molar-refractivity contribution in [2.24, 2.45) is 5.92 Å². The molecule has 1 N–H and O–H groups in total. The van der Waals surface area contributed by atoms with E-state index in [-0.39, 0.29) is 6.10 Å². The monoisotopic (exact) mass is 317 g/mol. The molecule has 2 aromatic rings. The van der Waals surface area contributed by atoms with Crippen LogP contribution in [0.2, 0.25) is 0 Å². The molecule has 1 fully saturated rings. The number of nitrogens with zero attached hydrogens (tertiary/aromatic N) is 3. The van der Waals surface area contributed by atoms with Gasteiger partial charge < -0.3 is 14.4 Å². The number of methoxy groups -OCH3 is 1. The van der Waals surface area contributed by atoms with Crippen molar-refractivity contribution in [3.8, 4) is 17.1 Å². The molecule has 2 heterocycles. The van der Waals surface area contributed by atoms with Gasteiger partial charge in [0.25, 0.3) is 0 Å². The zero-order valence-corrected chi connectivity index (χ0v) is 13.6. The molecule has 0 saturated carbocycles. The SMILES string of the molecule is COc1ccccc1-c1noc(CN2CCC(C(C)O)CC2)n1. The minimum atomic E-state index is -0.224. The number of aliphatic hydroxyl groups excluding tert-OH is 1. The Balaban J connectivity index is 1.64. The first-order chi connectivity index (χ1) is 11.2. The van der Waals surface area contributed by atoms with Gasteiger partial charge in [-0.25, -0.2) is 0 Å². The van der Waals surface area contributed by atoms with Crippen molar-refractivity contribution in [3.63, 3.8) is 0 Å². The molecular formula is C17H23N3O3. The van der Waals surface area contributed by atoms with Crippen LogP contribution < -0.4 is 4.74 Å². The van der Waals surface area contributed by atoms with E-state index in [0.717, 1.165) is 37.2 Å². The second-order valence-electron chi connectivity index (χ2n) is 6.07. The Morgan fingerprint density at radius 1 is 1.35 bits per heavy atom. The van der Waals surface area contributed by atoms with E-state index in [1.54, 1.807) is 7.11 Å². The normalized spacial score (nSPS) is 18.0. The summed E-state index contributed by atoms with van der Waals surface area (Å²) in [5, 5.41) is 13.7. The lowest BCUT2D eigenvalue weighted by atomic mass is 9.92. The Morgan fingerprint density at radius 3 is 2.78 bits per heavy atom. The molecule has 1 aromatic carbocycles. The summed E-state index contributed by atoms with van der Waals surface area (Å²) in [6.45, 7) is 4.41. The van der Waals surface area contributed by atoms with Gasteiger partial charge in [-0.1, -0.05) is 17.3 Å². The average Bonchev–Trinajstić information content (AvgIpc) is 3.03. The molecule has 1 saturated heterocycles. The summed E-state index contributed by atoms with van der Waals surface area (Å²) in [7, 11) is 1.63. The molecule has 1 atom stereocenters. The number of ether oxygens (including phenoxy) is 1. The standard InChI is InChI=1S/C17H23N3O3/c1-12(21)13-7-9-20(10-8-13)11-16-18-17(19-23-16)14-5-3-4-6-15(14)22-2/h3-6,12-13,21H,7-11H2,1-2H3. The zero-order valence-electron chi connectivity index (χ0n) is 13.6. The van der Waals surface area contributed by atoms with Crippen molar-refractivity contribution in [2.45, 2.75) is 32.4 Å². The first-order valence-corrected chi connectivity index (χ1v) is 8.03. The molecule has 1 aliphatic rings. The van der Waals surface area contributed by atoms with Gasteiger partial charge in [0, 0.05) is 0 Å². The Morgan fingerprint density at radius 2 is 2.09 bits per heavy atom. The highest BCUT2D eigenvalue weighted by Gasteiger charge is 2.24. The molecule has 23 heavy (non-hydrogen) atoms. The number of likely N-dealkylation sites (tertiary alicyclic amines) is 1. The van der Waals surface area contributed by atoms with Gasteiger partial charge in [0.15, 0.2) is 0 Å². The van der Waals surface area contributed by atoms with Gasteiger partial charge in [-0.15, -0.1) is 0 Å².